The quantitative estimate of drug-likeness (QED) is 0.768. The molecule has 27 heavy (non-hydrogen) atoms. The van der Waals surface area contributed by atoms with Crippen molar-refractivity contribution in [3.8, 4) is 17.2 Å². The molecule has 0 saturated carbocycles. The Hall–Kier alpha value is -3.48. The number of benzene rings is 2. The molecule has 1 spiro atoms. The van der Waals surface area contributed by atoms with E-state index in [0.29, 0.717) is 33.9 Å². The Morgan fingerprint density at radius 2 is 1.59 bits per heavy atom. The average molecular weight is 368 g/mol. The molecule has 0 N–H and O–H groups in total. The molecule has 2 aromatic rings. The number of Topliss-reactive ketones (excluding diaryl/α,β-unsaturated/α-hetero) is 1. The van der Waals surface area contributed by atoms with Gasteiger partial charge in [-0.15, -0.1) is 0 Å². The first-order valence-corrected chi connectivity index (χ1v) is 8.11. The number of fused-ring (bicyclic) bond motifs is 2. The van der Waals surface area contributed by atoms with Crippen molar-refractivity contribution in [1.29, 1.82) is 0 Å². The summed E-state index contributed by atoms with van der Waals surface area (Å²) in [6.45, 7) is 0. The predicted octanol–water partition coefficient (Wildman–Crippen LogP) is 2.68. The van der Waals surface area contributed by atoms with Gasteiger partial charge in [-0.2, -0.15) is 0 Å². The maximum atomic E-state index is 13.2. The highest BCUT2D eigenvalue weighted by Crippen LogP contribution is 2.47. The molecule has 1 atom stereocenters. The van der Waals surface area contributed by atoms with Gasteiger partial charge in [-0.05, 0) is 29.8 Å². The largest absolute Gasteiger partial charge is 0.493 e. The Bertz CT molecular complexity index is 967. The van der Waals surface area contributed by atoms with Gasteiger partial charge in [0.15, 0.2) is 11.5 Å². The predicted molar refractivity (Wildman–Crippen MR) is 93.7 cm³/mol. The summed E-state index contributed by atoms with van der Waals surface area (Å²) in [7, 11) is 4.46. The summed E-state index contributed by atoms with van der Waals surface area (Å²) in [5, 5.41) is 0. The van der Waals surface area contributed by atoms with Crippen molar-refractivity contribution in [2.75, 3.05) is 21.3 Å². The molecule has 0 saturated heterocycles. The van der Waals surface area contributed by atoms with Crippen LogP contribution in [0.25, 0.3) is 5.57 Å². The highest BCUT2D eigenvalue weighted by molar-refractivity contribution is 6.27. The molecule has 0 bridgehead atoms. The number of carbonyl (C=O) groups is 2. The van der Waals surface area contributed by atoms with E-state index in [1.807, 2.05) is 0 Å². The van der Waals surface area contributed by atoms with Gasteiger partial charge >= 0.3 is 11.8 Å². The van der Waals surface area contributed by atoms with Gasteiger partial charge < -0.3 is 23.7 Å². The second-order valence-corrected chi connectivity index (χ2v) is 5.94. The lowest BCUT2D eigenvalue weighted by molar-refractivity contribution is -0.173. The molecule has 0 aliphatic carbocycles. The number of hydrogen-bond acceptors (Lipinski definition) is 7. The number of carbonyl (C=O) groups excluding carboxylic acids is 2. The van der Waals surface area contributed by atoms with E-state index in [1.54, 1.807) is 36.4 Å². The van der Waals surface area contributed by atoms with Gasteiger partial charge in [-0.1, -0.05) is 12.1 Å². The fourth-order valence-electron chi connectivity index (χ4n) is 3.31. The highest BCUT2D eigenvalue weighted by atomic mass is 16.7. The minimum absolute atomic E-state index is 0.235. The van der Waals surface area contributed by atoms with Crippen LogP contribution in [0.3, 0.4) is 0 Å². The minimum Gasteiger partial charge on any atom is -0.493 e. The summed E-state index contributed by atoms with van der Waals surface area (Å²) < 4.78 is 26.9. The molecule has 2 heterocycles. The molecule has 4 rings (SSSR count). The first-order chi connectivity index (χ1) is 13.1. The summed E-state index contributed by atoms with van der Waals surface area (Å²) >= 11 is 0. The second kappa shape index (κ2) is 6.05. The third-order valence-electron chi connectivity index (χ3n) is 4.60. The maximum absolute atomic E-state index is 13.2. The zero-order valence-corrected chi connectivity index (χ0v) is 14.9. The zero-order chi connectivity index (χ0) is 19.2. The molecule has 0 aromatic heterocycles. The number of ether oxygens (including phenoxy) is 5. The van der Waals surface area contributed by atoms with Gasteiger partial charge in [0.25, 0.3) is 5.78 Å². The molecule has 2 aromatic carbocycles. The zero-order valence-electron chi connectivity index (χ0n) is 14.9. The van der Waals surface area contributed by atoms with Crippen LogP contribution in [0.2, 0.25) is 0 Å². The van der Waals surface area contributed by atoms with E-state index < -0.39 is 17.5 Å². The Labute approximate surface area is 155 Å². The molecular weight excluding hydrogens is 352 g/mol. The van der Waals surface area contributed by atoms with Crippen LogP contribution in [-0.4, -0.2) is 33.1 Å². The Morgan fingerprint density at radius 1 is 0.926 bits per heavy atom. The third-order valence-corrected chi connectivity index (χ3v) is 4.60. The van der Waals surface area contributed by atoms with E-state index in [-0.39, 0.29) is 5.57 Å². The number of hydrogen-bond donors (Lipinski definition) is 0. The van der Waals surface area contributed by atoms with Crippen LogP contribution in [-0.2, 0) is 20.1 Å². The molecule has 138 valence electrons. The molecule has 2 aliphatic heterocycles. The van der Waals surface area contributed by atoms with Gasteiger partial charge in [-0.25, -0.2) is 4.79 Å². The summed E-state index contributed by atoms with van der Waals surface area (Å²) in [6, 6.07) is 9.93. The smallest absolute Gasteiger partial charge is 0.347 e. The van der Waals surface area contributed by atoms with Crippen LogP contribution in [0.4, 0.5) is 0 Å². The lowest BCUT2D eigenvalue weighted by Crippen LogP contribution is -2.34. The van der Waals surface area contributed by atoms with Crippen molar-refractivity contribution in [1.82, 2.24) is 0 Å². The summed E-state index contributed by atoms with van der Waals surface area (Å²) in [5.41, 5.74) is 1.43. The molecular formula is C20H16O7. The van der Waals surface area contributed by atoms with Crippen molar-refractivity contribution in [2.24, 2.45) is 0 Å². The van der Waals surface area contributed by atoms with Crippen LogP contribution in [0, 0.1) is 0 Å². The Balaban J connectivity index is 1.79. The van der Waals surface area contributed by atoms with Gasteiger partial charge in [0.05, 0.1) is 38.0 Å². The van der Waals surface area contributed by atoms with Crippen molar-refractivity contribution < 1.29 is 33.3 Å². The molecule has 0 fully saturated rings. The van der Waals surface area contributed by atoms with Crippen molar-refractivity contribution in [2.45, 2.75) is 5.79 Å². The maximum Gasteiger partial charge on any atom is 0.347 e. The topological polar surface area (TPSA) is 80.3 Å². The highest BCUT2D eigenvalue weighted by Gasteiger charge is 2.57. The lowest BCUT2D eigenvalue weighted by atomic mass is 9.93. The van der Waals surface area contributed by atoms with Crippen LogP contribution < -0.4 is 14.2 Å². The van der Waals surface area contributed by atoms with E-state index in [0.717, 1.165) is 0 Å². The standard InChI is InChI=1S/C20H16O7/c1-23-15-8-11(9-16(24-2)17(15)25-3)13-10-26-20(18(13)21)14-7-5-4-6-12(14)19(22)27-20/h4-10H,1-3H3. The van der Waals surface area contributed by atoms with Crippen LogP contribution in [0.15, 0.2) is 42.7 Å². The molecule has 1 unspecified atom stereocenters. The van der Waals surface area contributed by atoms with Crippen molar-refractivity contribution in [3.63, 3.8) is 0 Å². The Morgan fingerprint density at radius 3 is 2.22 bits per heavy atom. The third kappa shape index (κ3) is 2.28. The first-order valence-electron chi connectivity index (χ1n) is 8.11. The first kappa shape index (κ1) is 17.0. The van der Waals surface area contributed by atoms with E-state index in [9.17, 15) is 9.59 Å². The van der Waals surface area contributed by atoms with E-state index in [4.69, 9.17) is 23.7 Å². The monoisotopic (exact) mass is 368 g/mol. The summed E-state index contributed by atoms with van der Waals surface area (Å²) in [5.74, 6) is -1.67. The van der Waals surface area contributed by atoms with Crippen LogP contribution in [0.1, 0.15) is 21.5 Å². The minimum atomic E-state index is -1.79. The van der Waals surface area contributed by atoms with Gasteiger partial charge in [0, 0.05) is 0 Å². The fourth-order valence-corrected chi connectivity index (χ4v) is 3.31. The molecule has 0 radical (unpaired) electrons. The van der Waals surface area contributed by atoms with Crippen molar-refractivity contribution >= 4 is 17.3 Å². The van der Waals surface area contributed by atoms with E-state index in [1.165, 1.54) is 27.6 Å². The van der Waals surface area contributed by atoms with Crippen molar-refractivity contribution in [3.05, 3.63) is 59.4 Å². The Kier molecular flexibility index (Phi) is 3.80. The van der Waals surface area contributed by atoms with E-state index >= 15 is 0 Å². The normalized spacial score (nSPS) is 20.0. The number of esters is 1. The van der Waals surface area contributed by atoms with Crippen LogP contribution in [0.5, 0.6) is 17.2 Å². The molecule has 7 heteroatoms. The summed E-state index contributed by atoms with van der Waals surface area (Å²) in [4.78, 5) is 25.4. The summed E-state index contributed by atoms with van der Waals surface area (Å²) in [6.07, 6.45) is 1.29. The number of rotatable bonds is 4. The number of ketones is 1. The number of methoxy groups -OCH3 is 3. The second-order valence-electron chi connectivity index (χ2n) is 5.94. The SMILES string of the molecule is COc1cc(C2=COC3(OC(=O)c4ccccc43)C2=O)cc(OC)c1OC. The molecule has 2 aliphatic rings. The van der Waals surface area contributed by atoms with Gasteiger partial charge in [-0.3, -0.25) is 4.79 Å². The molecule has 0 amide bonds. The van der Waals surface area contributed by atoms with Gasteiger partial charge in [0.1, 0.15) is 6.26 Å². The lowest BCUT2D eigenvalue weighted by Gasteiger charge is -2.21. The van der Waals surface area contributed by atoms with Crippen LogP contribution >= 0.6 is 0 Å². The molecule has 7 nitrogen and oxygen atoms in total. The average Bonchev–Trinajstić information content (AvgIpc) is 3.18. The fraction of sp³-hybridized carbons (Fsp3) is 0.200. The van der Waals surface area contributed by atoms with E-state index in [2.05, 4.69) is 0 Å². The van der Waals surface area contributed by atoms with Gasteiger partial charge in [0.2, 0.25) is 5.75 Å².